The van der Waals surface area contributed by atoms with Crippen molar-refractivity contribution in [1.82, 2.24) is 19.9 Å². The molecule has 168 valence electrons. The normalized spacial score (nSPS) is 12.5. The molecule has 0 spiro atoms. The molecule has 3 aromatic heterocycles. The van der Waals surface area contributed by atoms with Gasteiger partial charge in [0.2, 0.25) is 0 Å². The van der Waals surface area contributed by atoms with Gasteiger partial charge in [-0.2, -0.15) is 13.2 Å². The molecule has 3 N–H and O–H groups in total. The zero-order valence-corrected chi connectivity index (χ0v) is 17.3. The molecule has 0 fully saturated rings. The summed E-state index contributed by atoms with van der Waals surface area (Å²) in [6, 6.07) is 13.2. The van der Waals surface area contributed by atoms with E-state index in [1.54, 1.807) is 31.2 Å². The number of halogens is 3. The van der Waals surface area contributed by atoms with Crippen molar-refractivity contribution in [2.75, 3.05) is 5.73 Å². The maximum Gasteiger partial charge on any atom is 0.416 e. The van der Waals surface area contributed by atoms with Crippen molar-refractivity contribution in [3.63, 3.8) is 0 Å². The van der Waals surface area contributed by atoms with Gasteiger partial charge < -0.3 is 11.1 Å². The molecule has 1 amide bonds. The van der Waals surface area contributed by atoms with Gasteiger partial charge in [0, 0.05) is 17.6 Å². The van der Waals surface area contributed by atoms with Crippen LogP contribution >= 0.6 is 0 Å². The fourth-order valence-electron chi connectivity index (χ4n) is 3.36. The Bertz CT molecular complexity index is 1400. The number of hydrogen-bond acceptors (Lipinski definition) is 5. The summed E-state index contributed by atoms with van der Waals surface area (Å²) >= 11 is 0. The Kier molecular flexibility index (Phi) is 5.59. The highest BCUT2D eigenvalue weighted by atomic mass is 19.4. The summed E-state index contributed by atoms with van der Waals surface area (Å²) < 4.78 is 39.8. The second kappa shape index (κ2) is 8.38. The summed E-state index contributed by atoms with van der Waals surface area (Å²) in [5.41, 5.74) is 5.67. The van der Waals surface area contributed by atoms with Crippen LogP contribution in [-0.4, -0.2) is 20.4 Å². The van der Waals surface area contributed by atoms with Gasteiger partial charge in [0.1, 0.15) is 11.5 Å². The van der Waals surface area contributed by atoms with Gasteiger partial charge >= 0.3 is 6.18 Å². The fourth-order valence-corrected chi connectivity index (χ4v) is 3.36. The van der Waals surface area contributed by atoms with E-state index in [9.17, 15) is 22.8 Å². The molecule has 1 aromatic carbocycles. The molecule has 0 saturated carbocycles. The topological polar surface area (TPSA) is 103 Å². The number of hydrogen-bond donors (Lipinski definition) is 2. The predicted octanol–water partition coefficient (Wildman–Crippen LogP) is 3.87. The van der Waals surface area contributed by atoms with Gasteiger partial charge in [-0.15, -0.1) is 0 Å². The van der Waals surface area contributed by atoms with Crippen LogP contribution in [0.15, 0.2) is 71.7 Å². The molecule has 4 rings (SSSR count). The van der Waals surface area contributed by atoms with Crippen LogP contribution in [0, 0.1) is 0 Å². The first kappa shape index (κ1) is 22.0. The number of anilines is 1. The molecule has 0 aliphatic heterocycles. The minimum absolute atomic E-state index is 0.212. The third-order valence-electron chi connectivity index (χ3n) is 5.03. The second-order valence-electron chi connectivity index (χ2n) is 7.37. The SMILES string of the molecule is C[C@H](NC(=O)c1cnc2c(ccc(=O)n2-c2ccc(C(F)(F)F)cc2)c1)c1cccc(N)n1. The predicted molar refractivity (Wildman–Crippen MR) is 117 cm³/mol. The molecule has 0 bridgehead atoms. The molecule has 10 heteroatoms. The van der Waals surface area contributed by atoms with Crippen LogP contribution in [0.4, 0.5) is 19.0 Å². The van der Waals surface area contributed by atoms with Crippen LogP contribution < -0.4 is 16.6 Å². The summed E-state index contributed by atoms with van der Waals surface area (Å²) in [5, 5.41) is 3.28. The van der Waals surface area contributed by atoms with Crippen LogP contribution in [0.1, 0.15) is 34.6 Å². The van der Waals surface area contributed by atoms with Gasteiger partial charge in [-0.1, -0.05) is 6.07 Å². The average Bonchev–Trinajstić information content (AvgIpc) is 2.78. The maximum atomic E-state index is 12.9. The highest BCUT2D eigenvalue weighted by Gasteiger charge is 2.30. The van der Waals surface area contributed by atoms with Gasteiger partial charge in [-0.3, -0.25) is 14.2 Å². The number of rotatable bonds is 4. The Labute approximate surface area is 185 Å². The quantitative estimate of drug-likeness (QED) is 0.488. The molecule has 1 atom stereocenters. The number of carbonyl (C=O) groups excluding carboxylic acids is 1. The van der Waals surface area contributed by atoms with Crippen LogP contribution in [0.2, 0.25) is 0 Å². The minimum atomic E-state index is -4.49. The summed E-state index contributed by atoms with van der Waals surface area (Å²) in [4.78, 5) is 33.6. The van der Waals surface area contributed by atoms with E-state index in [4.69, 9.17) is 5.73 Å². The zero-order valence-electron chi connectivity index (χ0n) is 17.3. The lowest BCUT2D eigenvalue weighted by atomic mass is 10.1. The second-order valence-corrected chi connectivity index (χ2v) is 7.37. The highest BCUT2D eigenvalue weighted by molar-refractivity contribution is 5.97. The van der Waals surface area contributed by atoms with Crippen LogP contribution in [0.25, 0.3) is 16.7 Å². The zero-order chi connectivity index (χ0) is 23.8. The smallest absolute Gasteiger partial charge is 0.384 e. The van der Waals surface area contributed by atoms with Crippen LogP contribution in [-0.2, 0) is 6.18 Å². The molecule has 0 aliphatic carbocycles. The fraction of sp³-hybridized carbons (Fsp3) is 0.130. The summed E-state index contributed by atoms with van der Waals surface area (Å²) in [6.07, 6.45) is -3.18. The number of alkyl halides is 3. The number of benzene rings is 1. The molecule has 0 saturated heterocycles. The number of nitrogens with one attached hydrogen (secondary N) is 1. The van der Waals surface area contributed by atoms with E-state index in [0.717, 1.165) is 12.1 Å². The van der Waals surface area contributed by atoms with E-state index in [1.807, 2.05) is 0 Å². The van der Waals surface area contributed by atoms with Gasteiger partial charge in [0.15, 0.2) is 0 Å². The Morgan fingerprint density at radius 2 is 1.82 bits per heavy atom. The third kappa shape index (κ3) is 4.54. The standard InChI is InChI=1S/C23H18F3N5O2/c1-13(18-3-2-4-19(27)30-18)29-22(33)15-11-14-5-10-20(32)31(21(14)28-12-15)17-8-6-16(7-9-17)23(24,25)26/h2-13H,1H3,(H2,27,30)(H,29,33)/t13-/m0/s1. The molecule has 7 nitrogen and oxygen atoms in total. The molecule has 4 aromatic rings. The molecule has 0 radical (unpaired) electrons. The number of nitrogen functional groups attached to an aromatic ring is 1. The van der Waals surface area contributed by atoms with Crippen molar-refractivity contribution in [2.45, 2.75) is 19.1 Å². The lowest BCUT2D eigenvalue weighted by molar-refractivity contribution is -0.137. The van der Waals surface area contributed by atoms with Crippen molar-refractivity contribution in [1.29, 1.82) is 0 Å². The summed E-state index contributed by atoms with van der Waals surface area (Å²) in [6.45, 7) is 1.76. The van der Waals surface area contributed by atoms with Crippen molar-refractivity contribution in [3.05, 3.63) is 94.0 Å². The van der Waals surface area contributed by atoms with E-state index >= 15 is 0 Å². The minimum Gasteiger partial charge on any atom is -0.384 e. The number of nitrogens with two attached hydrogens (primary N) is 1. The summed E-state index contributed by atoms with van der Waals surface area (Å²) in [5.74, 6) is -0.0735. The number of nitrogens with zero attached hydrogens (tertiary/aromatic N) is 3. The van der Waals surface area contributed by atoms with Crippen molar-refractivity contribution in [2.24, 2.45) is 0 Å². The Morgan fingerprint density at radius 1 is 1.09 bits per heavy atom. The Balaban J connectivity index is 1.66. The van der Waals surface area contributed by atoms with Gasteiger partial charge in [0.05, 0.1) is 28.6 Å². The first-order valence-corrected chi connectivity index (χ1v) is 9.86. The van der Waals surface area contributed by atoms with Crippen LogP contribution in [0.3, 0.4) is 0 Å². The Hall–Kier alpha value is -4.21. The van der Waals surface area contributed by atoms with Crippen molar-refractivity contribution < 1.29 is 18.0 Å². The number of amides is 1. The molecule has 0 unspecified atom stereocenters. The summed E-state index contributed by atoms with van der Waals surface area (Å²) in [7, 11) is 0. The average molecular weight is 453 g/mol. The van der Waals surface area contributed by atoms with Crippen LogP contribution in [0.5, 0.6) is 0 Å². The molecule has 3 heterocycles. The maximum absolute atomic E-state index is 12.9. The van der Waals surface area contributed by atoms with Gasteiger partial charge in [0.25, 0.3) is 11.5 Å². The van der Waals surface area contributed by atoms with E-state index < -0.39 is 29.2 Å². The monoisotopic (exact) mass is 453 g/mol. The first-order valence-electron chi connectivity index (χ1n) is 9.86. The van der Waals surface area contributed by atoms with Gasteiger partial charge in [-0.25, -0.2) is 9.97 Å². The van der Waals surface area contributed by atoms with E-state index in [2.05, 4.69) is 15.3 Å². The lowest BCUT2D eigenvalue weighted by Gasteiger charge is -2.15. The van der Waals surface area contributed by atoms with Gasteiger partial charge in [-0.05, 0) is 55.5 Å². The number of pyridine rings is 3. The highest BCUT2D eigenvalue weighted by Crippen LogP contribution is 2.29. The van der Waals surface area contributed by atoms with E-state index in [1.165, 1.54) is 35.0 Å². The number of aromatic nitrogens is 3. The molecular weight excluding hydrogens is 435 g/mol. The first-order chi connectivity index (χ1) is 15.6. The number of fused-ring (bicyclic) bond motifs is 1. The van der Waals surface area contributed by atoms with E-state index in [-0.39, 0.29) is 16.9 Å². The third-order valence-corrected chi connectivity index (χ3v) is 5.03. The molecule has 0 aliphatic rings. The largest absolute Gasteiger partial charge is 0.416 e. The van der Waals surface area contributed by atoms with Crippen molar-refractivity contribution in [3.8, 4) is 5.69 Å². The number of carbonyl (C=O) groups is 1. The lowest BCUT2D eigenvalue weighted by Crippen LogP contribution is -2.27. The van der Waals surface area contributed by atoms with E-state index in [0.29, 0.717) is 16.9 Å². The Morgan fingerprint density at radius 3 is 2.48 bits per heavy atom. The molecule has 33 heavy (non-hydrogen) atoms. The van der Waals surface area contributed by atoms with Crippen molar-refractivity contribution >= 4 is 22.8 Å². The molecular formula is C23H18F3N5O2.